The summed E-state index contributed by atoms with van der Waals surface area (Å²) >= 11 is 5.14. The summed E-state index contributed by atoms with van der Waals surface area (Å²) in [6.45, 7) is 2.39. The van der Waals surface area contributed by atoms with E-state index in [0.29, 0.717) is 17.8 Å². The second-order valence-corrected chi connectivity index (χ2v) is 7.32. The Morgan fingerprint density at radius 3 is 2.61 bits per heavy atom. The highest BCUT2D eigenvalue weighted by Gasteiger charge is 2.25. The van der Waals surface area contributed by atoms with Crippen LogP contribution < -0.4 is 5.48 Å². The summed E-state index contributed by atoms with van der Waals surface area (Å²) in [4.78, 5) is 0.505. The largest absolute Gasteiger partial charge is 0.496 e. The second kappa shape index (κ2) is 11.7. The highest BCUT2D eigenvalue weighted by Crippen LogP contribution is 2.47. The molecule has 0 radical (unpaired) electrons. The Labute approximate surface area is 144 Å². The third-order valence-corrected chi connectivity index (χ3v) is 4.78. The highest BCUT2D eigenvalue weighted by molar-refractivity contribution is 7.80. The van der Waals surface area contributed by atoms with Crippen LogP contribution in [0.25, 0.3) is 0 Å². The minimum absolute atomic E-state index is 0.236. The van der Waals surface area contributed by atoms with Crippen LogP contribution in [0.1, 0.15) is 44.6 Å². The number of hydrogen-bond donors (Lipinski definition) is 1. The van der Waals surface area contributed by atoms with E-state index in [9.17, 15) is 4.57 Å². The fourth-order valence-electron chi connectivity index (χ4n) is 1.91. The first-order chi connectivity index (χ1) is 11.1. The maximum Gasteiger partial charge on any atom is 0.496 e. The zero-order valence-electron chi connectivity index (χ0n) is 13.8. The fourth-order valence-corrected chi connectivity index (χ4v) is 2.92. The predicted octanol–water partition coefficient (Wildman–Crippen LogP) is 4.82. The van der Waals surface area contributed by atoms with E-state index in [1.165, 1.54) is 20.0 Å². The average Bonchev–Trinajstić information content (AvgIpc) is 2.58. The molecule has 0 aliphatic heterocycles. The lowest BCUT2D eigenvalue weighted by Gasteiger charge is -2.16. The van der Waals surface area contributed by atoms with E-state index in [-0.39, 0.29) is 6.61 Å². The third kappa shape index (κ3) is 9.18. The molecule has 0 heterocycles. The molecular formula is C16H26NO4PS. The molecule has 1 rings (SSSR count). The van der Waals surface area contributed by atoms with Crippen molar-refractivity contribution in [2.24, 2.45) is 0 Å². The Morgan fingerprint density at radius 1 is 1.22 bits per heavy atom. The Bertz CT molecular complexity index is 498. The molecule has 0 bridgehead atoms. The van der Waals surface area contributed by atoms with E-state index in [1.807, 2.05) is 30.3 Å². The summed E-state index contributed by atoms with van der Waals surface area (Å²) in [7, 11) is -2.35. The SMILES string of the molecule is CCCCCCC(=S)NOP(=O)(OC)OCCc1ccccc1. The van der Waals surface area contributed by atoms with Gasteiger partial charge in [0.05, 0.1) is 6.61 Å². The first kappa shape index (κ1) is 20.3. The third-order valence-electron chi connectivity index (χ3n) is 3.24. The van der Waals surface area contributed by atoms with Gasteiger partial charge in [-0.05, 0) is 24.8 Å². The number of phosphoric ester groups is 1. The van der Waals surface area contributed by atoms with Crippen LogP contribution in [0, 0.1) is 0 Å². The Balaban J connectivity index is 2.27. The first-order valence-electron chi connectivity index (χ1n) is 7.91. The van der Waals surface area contributed by atoms with Gasteiger partial charge in [-0.25, -0.2) is 10.0 Å². The maximum atomic E-state index is 12.3. The lowest BCUT2D eigenvalue weighted by Crippen LogP contribution is -2.21. The fraction of sp³-hybridized carbons (Fsp3) is 0.562. The Kier molecular flexibility index (Phi) is 10.3. The molecule has 130 valence electrons. The minimum atomic E-state index is -3.63. The van der Waals surface area contributed by atoms with Crippen molar-refractivity contribution >= 4 is 25.0 Å². The van der Waals surface area contributed by atoms with Crippen molar-refractivity contribution in [2.75, 3.05) is 13.7 Å². The van der Waals surface area contributed by atoms with Crippen LogP contribution in [0.2, 0.25) is 0 Å². The second-order valence-electron chi connectivity index (χ2n) is 5.13. The predicted molar refractivity (Wildman–Crippen MR) is 96.3 cm³/mol. The molecule has 0 aliphatic rings. The zero-order valence-corrected chi connectivity index (χ0v) is 15.5. The molecule has 0 aliphatic carbocycles. The van der Waals surface area contributed by atoms with Gasteiger partial charge in [-0.1, -0.05) is 68.7 Å². The molecule has 0 spiro atoms. The smallest absolute Gasteiger partial charge is 0.289 e. The summed E-state index contributed by atoms with van der Waals surface area (Å²) in [5.41, 5.74) is 3.61. The van der Waals surface area contributed by atoms with E-state index in [2.05, 4.69) is 12.4 Å². The van der Waals surface area contributed by atoms with Gasteiger partial charge < -0.3 is 0 Å². The van der Waals surface area contributed by atoms with Crippen LogP contribution in [0.4, 0.5) is 0 Å². The monoisotopic (exact) mass is 359 g/mol. The topological polar surface area (TPSA) is 56.8 Å². The van der Waals surface area contributed by atoms with Gasteiger partial charge in [0, 0.05) is 7.11 Å². The molecule has 7 heteroatoms. The van der Waals surface area contributed by atoms with Gasteiger partial charge in [0.1, 0.15) is 4.99 Å². The maximum absolute atomic E-state index is 12.3. The van der Waals surface area contributed by atoms with Crippen molar-refractivity contribution in [2.45, 2.75) is 45.4 Å². The number of thiocarbonyl (C=S) groups is 1. The lowest BCUT2D eigenvalue weighted by molar-refractivity contribution is 0.110. The normalized spacial score (nSPS) is 13.5. The number of unbranched alkanes of at least 4 members (excludes halogenated alkanes) is 3. The molecule has 0 fully saturated rings. The van der Waals surface area contributed by atoms with Crippen LogP contribution in [0.3, 0.4) is 0 Å². The average molecular weight is 359 g/mol. The van der Waals surface area contributed by atoms with Crippen molar-refractivity contribution in [1.82, 2.24) is 5.48 Å². The molecule has 1 unspecified atom stereocenters. The number of hydroxylamine groups is 1. The Hall–Kier alpha value is -0.780. The molecule has 1 aromatic rings. The van der Waals surface area contributed by atoms with Gasteiger partial charge in [0.15, 0.2) is 0 Å². The summed E-state index contributed by atoms with van der Waals surface area (Å²) in [6.07, 6.45) is 5.78. The van der Waals surface area contributed by atoms with Gasteiger partial charge >= 0.3 is 7.82 Å². The molecule has 0 aromatic heterocycles. The summed E-state index contributed by atoms with van der Waals surface area (Å²) in [5, 5.41) is 0. The molecule has 1 atom stereocenters. The number of rotatable bonds is 12. The van der Waals surface area contributed by atoms with E-state index < -0.39 is 7.82 Å². The molecule has 1 N–H and O–H groups in total. The number of phosphoric acid groups is 1. The van der Waals surface area contributed by atoms with E-state index >= 15 is 0 Å². The van der Waals surface area contributed by atoms with Crippen LogP contribution in [-0.4, -0.2) is 18.7 Å². The van der Waals surface area contributed by atoms with Crippen LogP contribution in [0.5, 0.6) is 0 Å². The molecular weight excluding hydrogens is 333 g/mol. The molecule has 5 nitrogen and oxygen atoms in total. The molecule has 0 saturated heterocycles. The summed E-state index contributed by atoms with van der Waals surface area (Å²) in [6, 6.07) is 9.79. The standard InChI is InChI=1S/C16H26NO4PS/c1-3-4-5-9-12-16(23)17-21-22(18,19-2)20-14-13-15-10-7-6-8-11-15/h6-8,10-11H,3-5,9,12-14H2,1-2H3,(H,17,23). The molecule has 0 amide bonds. The number of hydrogen-bond acceptors (Lipinski definition) is 5. The number of nitrogens with one attached hydrogen (secondary N) is 1. The van der Waals surface area contributed by atoms with Crippen molar-refractivity contribution in [3.8, 4) is 0 Å². The van der Waals surface area contributed by atoms with Crippen LogP contribution >= 0.6 is 20.0 Å². The van der Waals surface area contributed by atoms with Crippen molar-refractivity contribution < 1.29 is 18.2 Å². The van der Waals surface area contributed by atoms with Crippen LogP contribution in [0.15, 0.2) is 30.3 Å². The van der Waals surface area contributed by atoms with Crippen molar-refractivity contribution in [1.29, 1.82) is 0 Å². The van der Waals surface area contributed by atoms with Gasteiger partial charge in [0.25, 0.3) is 0 Å². The van der Waals surface area contributed by atoms with Crippen LogP contribution in [-0.2, 0) is 24.7 Å². The minimum Gasteiger partial charge on any atom is -0.289 e. The number of benzene rings is 1. The van der Waals surface area contributed by atoms with Gasteiger partial charge in [-0.2, -0.15) is 4.62 Å². The van der Waals surface area contributed by atoms with E-state index in [1.54, 1.807) is 0 Å². The zero-order chi connectivity index (χ0) is 17.0. The summed E-state index contributed by atoms with van der Waals surface area (Å²) < 4.78 is 27.4. The van der Waals surface area contributed by atoms with Crippen molar-refractivity contribution in [3.63, 3.8) is 0 Å². The lowest BCUT2D eigenvalue weighted by atomic mass is 10.2. The van der Waals surface area contributed by atoms with Gasteiger partial charge in [-0.3, -0.25) is 9.05 Å². The Morgan fingerprint density at radius 2 is 1.96 bits per heavy atom. The summed E-state index contributed by atoms with van der Waals surface area (Å²) in [5.74, 6) is 0. The first-order valence-corrected chi connectivity index (χ1v) is 9.78. The van der Waals surface area contributed by atoms with Gasteiger partial charge in [-0.15, -0.1) is 0 Å². The van der Waals surface area contributed by atoms with E-state index in [4.69, 9.17) is 25.9 Å². The van der Waals surface area contributed by atoms with Gasteiger partial charge in [0.2, 0.25) is 0 Å². The quantitative estimate of drug-likeness (QED) is 0.250. The molecule has 0 saturated carbocycles. The highest BCUT2D eigenvalue weighted by atomic mass is 32.1. The van der Waals surface area contributed by atoms with E-state index in [0.717, 1.165) is 18.4 Å². The molecule has 23 heavy (non-hydrogen) atoms. The molecule has 1 aromatic carbocycles. The van der Waals surface area contributed by atoms with Crippen molar-refractivity contribution in [3.05, 3.63) is 35.9 Å².